The van der Waals surface area contributed by atoms with Gasteiger partial charge in [0, 0.05) is 24.9 Å². The number of aromatic nitrogens is 2. The van der Waals surface area contributed by atoms with E-state index in [1.807, 2.05) is 24.5 Å². The molecule has 0 fully saturated rings. The Morgan fingerprint density at radius 2 is 2.05 bits per heavy atom. The number of carbonyl (C=O) groups is 2. The van der Waals surface area contributed by atoms with Crippen LogP contribution in [0, 0.1) is 0 Å². The zero-order valence-electron chi connectivity index (χ0n) is 11.7. The highest BCUT2D eigenvalue weighted by atomic mass is 16.4. The Morgan fingerprint density at radius 3 is 2.65 bits per heavy atom. The van der Waals surface area contributed by atoms with Gasteiger partial charge in [-0.05, 0) is 18.2 Å². The second-order valence-electron chi connectivity index (χ2n) is 4.66. The molecular formula is C15H18N2O3. The largest absolute Gasteiger partial charge is 0.481 e. The average Bonchev–Trinajstić information content (AvgIpc) is 2.80. The highest BCUT2D eigenvalue weighted by Gasteiger charge is 2.12. The summed E-state index contributed by atoms with van der Waals surface area (Å²) < 4.78 is 1.92. The van der Waals surface area contributed by atoms with Crippen LogP contribution in [0.15, 0.2) is 18.2 Å². The van der Waals surface area contributed by atoms with E-state index in [2.05, 4.69) is 4.98 Å². The molecule has 2 aromatic rings. The lowest BCUT2D eigenvalue weighted by Crippen LogP contribution is -2.07. The van der Waals surface area contributed by atoms with Crippen molar-refractivity contribution in [3.63, 3.8) is 0 Å². The molecular weight excluding hydrogens is 256 g/mol. The number of hydrogen-bond donors (Lipinski definition) is 1. The molecule has 0 radical (unpaired) electrons. The summed E-state index contributed by atoms with van der Waals surface area (Å²) in [7, 11) is 0. The lowest BCUT2D eigenvalue weighted by Gasteiger charge is -2.06. The Morgan fingerprint density at radius 1 is 1.30 bits per heavy atom. The number of hydrogen-bond acceptors (Lipinski definition) is 3. The number of carbonyl (C=O) groups excluding carboxylic acids is 1. The minimum absolute atomic E-state index is 0.0636. The number of ketones is 1. The summed E-state index contributed by atoms with van der Waals surface area (Å²) in [6.45, 7) is 4.21. The molecule has 0 spiro atoms. The third kappa shape index (κ3) is 2.71. The fraction of sp³-hybridized carbons (Fsp3) is 0.400. The maximum Gasteiger partial charge on any atom is 0.305 e. The molecule has 0 saturated heterocycles. The monoisotopic (exact) mass is 274 g/mol. The Bertz CT molecular complexity index is 658. The Hall–Kier alpha value is -2.17. The third-order valence-corrected chi connectivity index (χ3v) is 3.34. The first-order chi connectivity index (χ1) is 9.56. The van der Waals surface area contributed by atoms with Crippen molar-refractivity contribution >= 4 is 22.8 Å². The van der Waals surface area contributed by atoms with Crippen LogP contribution in [-0.4, -0.2) is 26.4 Å². The van der Waals surface area contributed by atoms with Crippen LogP contribution in [0.4, 0.5) is 0 Å². The zero-order valence-corrected chi connectivity index (χ0v) is 11.7. The van der Waals surface area contributed by atoms with Gasteiger partial charge in [0.2, 0.25) is 0 Å². The predicted octanol–water partition coefficient (Wildman–Crippen LogP) is 2.67. The van der Waals surface area contributed by atoms with Gasteiger partial charge >= 0.3 is 5.97 Å². The van der Waals surface area contributed by atoms with E-state index >= 15 is 0 Å². The van der Waals surface area contributed by atoms with Crippen molar-refractivity contribution in [3.05, 3.63) is 29.6 Å². The third-order valence-electron chi connectivity index (χ3n) is 3.34. The predicted molar refractivity (Wildman–Crippen MR) is 76.0 cm³/mol. The van der Waals surface area contributed by atoms with E-state index in [4.69, 9.17) is 5.11 Å². The molecule has 0 unspecified atom stereocenters. The summed E-state index contributed by atoms with van der Waals surface area (Å²) in [6, 6.07) is 5.43. The molecule has 0 saturated carbocycles. The van der Waals surface area contributed by atoms with Gasteiger partial charge in [0.25, 0.3) is 0 Å². The van der Waals surface area contributed by atoms with Gasteiger partial charge in [0.15, 0.2) is 5.78 Å². The molecule has 0 aliphatic rings. The van der Waals surface area contributed by atoms with Crippen molar-refractivity contribution < 1.29 is 14.7 Å². The first-order valence-corrected chi connectivity index (χ1v) is 6.81. The molecule has 0 aliphatic carbocycles. The van der Waals surface area contributed by atoms with Gasteiger partial charge in [-0.25, -0.2) is 4.98 Å². The number of fused-ring (bicyclic) bond motifs is 1. The number of nitrogens with zero attached hydrogens (tertiary/aromatic N) is 2. The fourth-order valence-corrected chi connectivity index (χ4v) is 2.28. The van der Waals surface area contributed by atoms with Crippen LogP contribution < -0.4 is 0 Å². The van der Waals surface area contributed by atoms with Gasteiger partial charge in [0.05, 0.1) is 17.5 Å². The SMILES string of the molecule is CCC(=O)c1ccc2c(c1)nc(CC)n2CCC(=O)O. The molecule has 0 atom stereocenters. The number of carboxylic acids is 1. The average molecular weight is 274 g/mol. The topological polar surface area (TPSA) is 72.2 Å². The highest BCUT2D eigenvalue weighted by molar-refractivity contribution is 5.98. The van der Waals surface area contributed by atoms with Gasteiger partial charge in [-0.3, -0.25) is 9.59 Å². The Labute approximate surface area is 117 Å². The molecule has 5 nitrogen and oxygen atoms in total. The lowest BCUT2D eigenvalue weighted by molar-refractivity contribution is -0.137. The van der Waals surface area contributed by atoms with Gasteiger partial charge < -0.3 is 9.67 Å². The molecule has 20 heavy (non-hydrogen) atoms. The summed E-state index contributed by atoms with van der Waals surface area (Å²) in [4.78, 5) is 27.0. The molecule has 106 valence electrons. The van der Waals surface area contributed by atoms with E-state index in [1.54, 1.807) is 12.1 Å². The molecule has 1 heterocycles. The number of aliphatic carboxylic acids is 1. The van der Waals surface area contributed by atoms with Crippen molar-refractivity contribution in [2.75, 3.05) is 0 Å². The summed E-state index contributed by atoms with van der Waals surface area (Å²) in [6.07, 6.45) is 1.26. The van der Waals surface area contributed by atoms with Gasteiger partial charge in [-0.2, -0.15) is 0 Å². The van der Waals surface area contributed by atoms with E-state index in [0.717, 1.165) is 23.3 Å². The van der Waals surface area contributed by atoms with Gasteiger partial charge in [-0.1, -0.05) is 13.8 Å². The molecule has 0 aliphatic heterocycles. The second kappa shape index (κ2) is 5.86. The van der Waals surface area contributed by atoms with E-state index in [1.165, 1.54) is 0 Å². The number of rotatable bonds is 6. The van der Waals surface area contributed by atoms with Crippen LogP contribution in [0.25, 0.3) is 11.0 Å². The summed E-state index contributed by atoms with van der Waals surface area (Å²) in [5, 5.41) is 8.82. The summed E-state index contributed by atoms with van der Waals surface area (Å²) in [5.41, 5.74) is 2.30. The van der Waals surface area contributed by atoms with Crippen LogP contribution >= 0.6 is 0 Å². The molecule has 1 N–H and O–H groups in total. The lowest BCUT2D eigenvalue weighted by atomic mass is 10.1. The highest BCUT2D eigenvalue weighted by Crippen LogP contribution is 2.20. The second-order valence-corrected chi connectivity index (χ2v) is 4.66. The minimum atomic E-state index is -0.827. The van der Waals surface area contributed by atoms with Gasteiger partial charge in [0.1, 0.15) is 5.82 Å². The first kappa shape index (κ1) is 14.2. The van der Waals surface area contributed by atoms with Crippen molar-refractivity contribution in [1.82, 2.24) is 9.55 Å². The van der Waals surface area contributed by atoms with Crippen LogP contribution in [0.1, 0.15) is 42.9 Å². The van der Waals surface area contributed by atoms with E-state index in [0.29, 0.717) is 18.5 Å². The maximum atomic E-state index is 11.7. The van der Waals surface area contributed by atoms with Crippen molar-refractivity contribution in [1.29, 1.82) is 0 Å². The van der Waals surface area contributed by atoms with E-state index in [-0.39, 0.29) is 12.2 Å². The van der Waals surface area contributed by atoms with Gasteiger partial charge in [-0.15, -0.1) is 0 Å². The van der Waals surface area contributed by atoms with Crippen molar-refractivity contribution in [3.8, 4) is 0 Å². The zero-order chi connectivity index (χ0) is 14.7. The molecule has 2 rings (SSSR count). The normalized spacial score (nSPS) is 10.9. The molecule has 0 amide bonds. The van der Waals surface area contributed by atoms with Crippen LogP contribution in [0.2, 0.25) is 0 Å². The molecule has 1 aromatic heterocycles. The maximum absolute atomic E-state index is 11.7. The van der Waals surface area contributed by atoms with Crippen molar-refractivity contribution in [2.45, 2.75) is 39.7 Å². The van der Waals surface area contributed by atoms with Crippen LogP contribution in [-0.2, 0) is 17.8 Å². The number of imidazole rings is 1. The number of benzene rings is 1. The van der Waals surface area contributed by atoms with Crippen molar-refractivity contribution in [2.24, 2.45) is 0 Å². The quantitative estimate of drug-likeness (QED) is 0.822. The molecule has 1 aromatic carbocycles. The minimum Gasteiger partial charge on any atom is -0.481 e. The van der Waals surface area contributed by atoms with Crippen LogP contribution in [0.3, 0.4) is 0 Å². The Kier molecular flexibility index (Phi) is 4.17. The summed E-state index contributed by atoms with van der Waals surface area (Å²) >= 11 is 0. The molecule has 5 heteroatoms. The number of Topliss-reactive ketones (excluding diaryl/α,β-unsaturated/α-hetero) is 1. The summed E-state index contributed by atoms with van der Waals surface area (Å²) in [5.74, 6) is 0.110. The van der Waals surface area contributed by atoms with E-state index < -0.39 is 5.97 Å². The molecule has 0 bridgehead atoms. The standard InChI is InChI=1S/C15H18N2O3/c1-3-13(18)10-5-6-12-11(9-10)16-14(4-2)17(12)8-7-15(19)20/h5-6,9H,3-4,7-8H2,1-2H3,(H,19,20). The van der Waals surface area contributed by atoms with E-state index in [9.17, 15) is 9.59 Å². The first-order valence-electron chi connectivity index (χ1n) is 6.81. The number of carboxylic acid groups (broad SMARTS) is 1. The number of aryl methyl sites for hydroxylation is 2. The Balaban J connectivity index is 2.46. The van der Waals surface area contributed by atoms with Crippen LogP contribution in [0.5, 0.6) is 0 Å². The smallest absolute Gasteiger partial charge is 0.305 e. The fourth-order valence-electron chi connectivity index (χ4n) is 2.28.